The van der Waals surface area contributed by atoms with Crippen molar-refractivity contribution < 1.29 is 0 Å². The van der Waals surface area contributed by atoms with Crippen LogP contribution in [-0.4, -0.2) is 24.5 Å². The Morgan fingerprint density at radius 2 is 2.19 bits per heavy atom. The lowest BCUT2D eigenvalue weighted by atomic mass is 9.89. The number of rotatable bonds is 1. The Hall–Kier alpha value is -1.37. The van der Waals surface area contributed by atoms with Crippen LogP contribution >= 0.6 is 0 Å². The quantitative estimate of drug-likeness (QED) is 0.775. The Balaban J connectivity index is 2.38. The fourth-order valence-corrected chi connectivity index (χ4v) is 2.53. The highest BCUT2D eigenvalue weighted by Crippen LogP contribution is 2.30. The van der Waals surface area contributed by atoms with Gasteiger partial charge in [-0.05, 0) is 38.1 Å². The number of nitrogens with two attached hydrogens (primary N) is 1. The zero-order chi connectivity index (χ0) is 11.5. The first-order valence-corrected chi connectivity index (χ1v) is 5.69. The van der Waals surface area contributed by atoms with Crippen LogP contribution in [0.2, 0.25) is 0 Å². The molecule has 2 unspecified atom stereocenters. The molecule has 3 heteroatoms. The van der Waals surface area contributed by atoms with Gasteiger partial charge in [0.05, 0.1) is 17.7 Å². The van der Waals surface area contributed by atoms with E-state index in [1.165, 1.54) is 0 Å². The Kier molecular flexibility index (Phi) is 3.23. The summed E-state index contributed by atoms with van der Waals surface area (Å²) >= 11 is 0. The Morgan fingerprint density at radius 1 is 1.44 bits per heavy atom. The maximum atomic E-state index is 9.11. The van der Waals surface area contributed by atoms with Crippen LogP contribution in [0.4, 0.5) is 0 Å². The van der Waals surface area contributed by atoms with Crippen molar-refractivity contribution in [1.29, 1.82) is 5.26 Å². The van der Waals surface area contributed by atoms with E-state index in [2.05, 4.69) is 18.0 Å². The zero-order valence-corrected chi connectivity index (χ0v) is 9.56. The summed E-state index contributed by atoms with van der Waals surface area (Å²) in [6.45, 7) is 1.05. The molecule has 3 nitrogen and oxygen atoms in total. The summed E-state index contributed by atoms with van der Waals surface area (Å²) in [7, 11) is 2.08. The van der Waals surface area contributed by atoms with Gasteiger partial charge >= 0.3 is 0 Å². The summed E-state index contributed by atoms with van der Waals surface area (Å²) < 4.78 is 0. The van der Waals surface area contributed by atoms with Crippen LogP contribution in [0.3, 0.4) is 0 Å². The number of nitriles is 1. The number of likely N-dealkylation sites (tertiary alicyclic amines) is 1. The summed E-state index contributed by atoms with van der Waals surface area (Å²) in [5.74, 6) is 0. The number of piperidine rings is 1. The van der Waals surface area contributed by atoms with Gasteiger partial charge in [0, 0.05) is 6.04 Å². The fourth-order valence-electron chi connectivity index (χ4n) is 2.53. The smallest absolute Gasteiger partial charge is 0.0995 e. The van der Waals surface area contributed by atoms with Crippen molar-refractivity contribution in [1.82, 2.24) is 4.90 Å². The van der Waals surface area contributed by atoms with E-state index in [4.69, 9.17) is 11.0 Å². The molecule has 0 bridgehead atoms. The molecule has 1 aliphatic rings. The molecule has 1 fully saturated rings. The largest absolute Gasteiger partial charge is 0.326 e. The molecule has 1 aromatic carbocycles. The van der Waals surface area contributed by atoms with Crippen LogP contribution in [0.25, 0.3) is 0 Å². The normalized spacial score (nSPS) is 26.3. The summed E-state index contributed by atoms with van der Waals surface area (Å²) in [6.07, 6.45) is 2.18. The first kappa shape index (κ1) is 11.1. The van der Waals surface area contributed by atoms with Gasteiger partial charge in [-0.3, -0.25) is 4.90 Å². The third kappa shape index (κ3) is 1.95. The average Bonchev–Trinajstić information content (AvgIpc) is 2.29. The van der Waals surface area contributed by atoms with Crippen molar-refractivity contribution in [3.05, 3.63) is 35.4 Å². The molecular formula is C13H17N3. The first-order valence-electron chi connectivity index (χ1n) is 5.69. The molecule has 0 aliphatic carbocycles. The minimum atomic E-state index is 0.133. The van der Waals surface area contributed by atoms with Gasteiger partial charge < -0.3 is 5.73 Å². The van der Waals surface area contributed by atoms with Crippen LogP contribution in [0.5, 0.6) is 0 Å². The number of hydrogen-bond acceptors (Lipinski definition) is 3. The molecule has 2 atom stereocenters. The van der Waals surface area contributed by atoms with Crippen LogP contribution in [-0.2, 0) is 0 Å². The van der Waals surface area contributed by atoms with Crippen LogP contribution in [0.1, 0.15) is 30.0 Å². The van der Waals surface area contributed by atoms with Gasteiger partial charge in [-0.1, -0.05) is 18.2 Å². The molecule has 0 saturated carbocycles. The SMILES string of the molecule is CN1CCCC(N)C1c1ccccc1C#N. The number of hydrogen-bond donors (Lipinski definition) is 1. The summed E-state index contributed by atoms with van der Waals surface area (Å²) in [4.78, 5) is 2.25. The van der Waals surface area contributed by atoms with Crippen molar-refractivity contribution in [3.8, 4) is 6.07 Å². The van der Waals surface area contributed by atoms with Gasteiger partial charge in [-0.25, -0.2) is 0 Å². The van der Waals surface area contributed by atoms with Crippen LogP contribution < -0.4 is 5.73 Å². The monoisotopic (exact) mass is 215 g/mol. The van der Waals surface area contributed by atoms with E-state index < -0.39 is 0 Å². The predicted molar refractivity (Wildman–Crippen MR) is 63.7 cm³/mol. The van der Waals surface area contributed by atoms with Crippen molar-refractivity contribution in [3.63, 3.8) is 0 Å². The van der Waals surface area contributed by atoms with Crippen molar-refractivity contribution >= 4 is 0 Å². The van der Waals surface area contributed by atoms with Gasteiger partial charge in [0.1, 0.15) is 0 Å². The lowest BCUT2D eigenvalue weighted by Gasteiger charge is -2.38. The van der Waals surface area contributed by atoms with Gasteiger partial charge in [0.25, 0.3) is 0 Å². The Bertz CT molecular complexity index is 398. The number of likely N-dealkylation sites (N-methyl/N-ethyl adjacent to an activating group) is 1. The molecule has 2 rings (SSSR count). The van der Waals surface area contributed by atoms with Gasteiger partial charge in [0.2, 0.25) is 0 Å². The first-order chi connectivity index (χ1) is 7.74. The van der Waals surface area contributed by atoms with Crippen LogP contribution in [0.15, 0.2) is 24.3 Å². The highest BCUT2D eigenvalue weighted by molar-refractivity contribution is 5.40. The zero-order valence-electron chi connectivity index (χ0n) is 9.56. The lowest BCUT2D eigenvalue weighted by molar-refractivity contribution is 0.162. The molecule has 84 valence electrons. The molecular weight excluding hydrogens is 198 g/mol. The summed E-state index contributed by atoms with van der Waals surface area (Å²) in [6, 6.07) is 10.3. The molecule has 16 heavy (non-hydrogen) atoms. The van der Waals surface area contributed by atoms with Gasteiger partial charge in [-0.15, -0.1) is 0 Å². The molecule has 1 heterocycles. The maximum Gasteiger partial charge on any atom is 0.0995 e. The lowest BCUT2D eigenvalue weighted by Crippen LogP contribution is -2.44. The standard InChI is InChI=1S/C13H17N3/c1-16-8-4-7-12(15)13(16)11-6-3-2-5-10(11)9-14/h2-3,5-6,12-13H,4,7-8,15H2,1H3. The second-order valence-electron chi connectivity index (χ2n) is 4.43. The predicted octanol–water partition coefficient (Wildman–Crippen LogP) is 1.65. The maximum absolute atomic E-state index is 9.11. The van der Waals surface area contributed by atoms with E-state index in [0.29, 0.717) is 0 Å². The minimum absolute atomic E-state index is 0.133. The van der Waals surface area contributed by atoms with Gasteiger partial charge in [0.15, 0.2) is 0 Å². The van der Waals surface area contributed by atoms with E-state index in [-0.39, 0.29) is 12.1 Å². The van der Waals surface area contributed by atoms with E-state index in [0.717, 1.165) is 30.5 Å². The van der Waals surface area contributed by atoms with E-state index in [9.17, 15) is 0 Å². The van der Waals surface area contributed by atoms with Crippen molar-refractivity contribution in [2.45, 2.75) is 24.9 Å². The second kappa shape index (κ2) is 4.65. The Labute approximate surface area is 96.5 Å². The summed E-state index contributed by atoms with van der Waals surface area (Å²) in [5.41, 5.74) is 7.99. The Morgan fingerprint density at radius 3 is 2.88 bits per heavy atom. The van der Waals surface area contributed by atoms with Crippen LogP contribution in [0, 0.1) is 11.3 Å². The molecule has 1 aromatic rings. The van der Waals surface area contributed by atoms with E-state index in [1.807, 2.05) is 24.3 Å². The van der Waals surface area contributed by atoms with E-state index >= 15 is 0 Å². The highest BCUT2D eigenvalue weighted by Gasteiger charge is 2.29. The third-order valence-corrected chi connectivity index (χ3v) is 3.33. The number of nitrogens with zero attached hydrogens (tertiary/aromatic N) is 2. The molecule has 1 aliphatic heterocycles. The summed E-state index contributed by atoms with van der Waals surface area (Å²) in [5, 5.41) is 9.11. The average molecular weight is 215 g/mol. The molecule has 0 radical (unpaired) electrons. The molecule has 0 aromatic heterocycles. The fraction of sp³-hybridized carbons (Fsp3) is 0.462. The molecule has 1 saturated heterocycles. The molecule has 2 N–H and O–H groups in total. The van der Waals surface area contributed by atoms with E-state index in [1.54, 1.807) is 0 Å². The molecule has 0 spiro atoms. The minimum Gasteiger partial charge on any atom is -0.326 e. The third-order valence-electron chi connectivity index (χ3n) is 3.33. The topological polar surface area (TPSA) is 53.0 Å². The van der Waals surface area contributed by atoms with Gasteiger partial charge in [-0.2, -0.15) is 5.26 Å². The molecule has 0 amide bonds. The highest BCUT2D eigenvalue weighted by atomic mass is 15.2. The van der Waals surface area contributed by atoms with Crippen molar-refractivity contribution in [2.75, 3.05) is 13.6 Å². The second-order valence-corrected chi connectivity index (χ2v) is 4.43. The van der Waals surface area contributed by atoms with Crippen molar-refractivity contribution in [2.24, 2.45) is 5.73 Å². The number of benzene rings is 1.